The van der Waals surface area contributed by atoms with E-state index >= 15 is 0 Å². The predicted molar refractivity (Wildman–Crippen MR) is 139 cm³/mol. The quantitative estimate of drug-likeness (QED) is 0.429. The largest absolute Gasteiger partial charge is 0.380 e. The molecule has 4 rings (SSSR count). The van der Waals surface area contributed by atoms with Gasteiger partial charge in [-0.15, -0.1) is 0 Å². The summed E-state index contributed by atoms with van der Waals surface area (Å²) in [6.45, 7) is 10.3. The Morgan fingerprint density at radius 3 is 2.60 bits per heavy atom. The fourth-order valence-electron chi connectivity index (χ4n) is 4.60. The lowest BCUT2D eigenvalue weighted by Gasteiger charge is -2.32. The molecule has 1 amide bonds. The smallest absolute Gasteiger partial charge is 0.279 e. The lowest BCUT2D eigenvalue weighted by atomic mass is 10.1. The number of hydrogen-bond donors (Lipinski definition) is 0. The molecule has 1 aromatic heterocycles. The number of thiazole rings is 1. The molecule has 35 heavy (non-hydrogen) atoms. The molecule has 7 nitrogen and oxygen atoms in total. The van der Waals surface area contributed by atoms with Gasteiger partial charge in [0.1, 0.15) is 0 Å². The van der Waals surface area contributed by atoms with Crippen LogP contribution in [-0.4, -0.2) is 49.0 Å². The third-order valence-corrected chi connectivity index (χ3v) is 9.68. The van der Waals surface area contributed by atoms with Gasteiger partial charge in [-0.1, -0.05) is 23.8 Å². The summed E-state index contributed by atoms with van der Waals surface area (Å²) in [5, 5.41) is 0. The number of sulfonamides is 1. The van der Waals surface area contributed by atoms with Gasteiger partial charge in [-0.05, 0) is 82.0 Å². The zero-order chi connectivity index (χ0) is 25.2. The summed E-state index contributed by atoms with van der Waals surface area (Å²) in [4.78, 5) is 18.3. The van der Waals surface area contributed by atoms with Crippen LogP contribution in [0.4, 0.5) is 0 Å². The van der Waals surface area contributed by atoms with Crippen molar-refractivity contribution in [3.63, 3.8) is 0 Å². The number of aryl methyl sites for hydroxylation is 2. The number of piperidine rings is 1. The SMILES string of the molecule is CCOCCn1c(=NC(=O)c2ccc(S(=O)(=O)N3CCCCC3C)cc2)sc2c(C)cc(C)cc21. The van der Waals surface area contributed by atoms with E-state index < -0.39 is 15.9 Å². The Morgan fingerprint density at radius 2 is 1.91 bits per heavy atom. The van der Waals surface area contributed by atoms with Gasteiger partial charge in [0, 0.05) is 31.3 Å². The van der Waals surface area contributed by atoms with E-state index in [1.165, 1.54) is 23.5 Å². The summed E-state index contributed by atoms with van der Waals surface area (Å²) < 4.78 is 36.5. The first-order chi connectivity index (χ1) is 16.7. The Balaban J connectivity index is 1.66. The zero-order valence-electron chi connectivity index (χ0n) is 20.8. The highest BCUT2D eigenvalue weighted by molar-refractivity contribution is 7.89. The Kier molecular flexibility index (Phi) is 7.90. The number of carbonyl (C=O) groups excluding carboxylic acids is 1. The molecule has 1 unspecified atom stereocenters. The average Bonchev–Trinajstić information content (AvgIpc) is 3.16. The summed E-state index contributed by atoms with van der Waals surface area (Å²) in [5.74, 6) is -0.397. The summed E-state index contributed by atoms with van der Waals surface area (Å²) >= 11 is 1.48. The fourth-order valence-corrected chi connectivity index (χ4v) is 7.40. The third-order valence-electron chi connectivity index (χ3n) is 6.42. The minimum Gasteiger partial charge on any atom is -0.380 e. The summed E-state index contributed by atoms with van der Waals surface area (Å²) in [6, 6.07) is 10.4. The molecule has 0 spiro atoms. The van der Waals surface area contributed by atoms with Crippen LogP contribution in [0.2, 0.25) is 0 Å². The number of ether oxygens (including phenoxy) is 1. The van der Waals surface area contributed by atoms with Crippen molar-refractivity contribution in [2.75, 3.05) is 19.8 Å². The number of amides is 1. The first kappa shape index (κ1) is 25.8. The van der Waals surface area contributed by atoms with E-state index in [4.69, 9.17) is 4.74 Å². The zero-order valence-corrected chi connectivity index (χ0v) is 22.4. The van der Waals surface area contributed by atoms with E-state index in [-0.39, 0.29) is 10.9 Å². The number of carbonyl (C=O) groups is 1. The second-order valence-corrected chi connectivity index (χ2v) is 11.9. The predicted octanol–water partition coefficient (Wildman–Crippen LogP) is 4.66. The lowest BCUT2D eigenvalue weighted by Crippen LogP contribution is -2.41. The normalized spacial score (nSPS) is 17.8. The maximum atomic E-state index is 13.1. The average molecular weight is 516 g/mol. The molecule has 0 radical (unpaired) electrons. The monoisotopic (exact) mass is 515 g/mol. The van der Waals surface area contributed by atoms with Crippen molar-refractivity contribution in [3.8, 4) is 0 Å². The van der Waals surface area contributed by atoms with E-state index in [0.29, 0.717) is 36.7 Å². The molecule has 2 aromatic carbocycles. The van der Waals surface area contributed by atoms with Gasteiger partial charge in [0.05, 0.1) is 21.7 Å². The van der Waals surface area contributed by atoms with E-state index in [1.54, 1.807) is 16.4 Å². The number of aromatic nitrogens is 1. The van der Waals surface area contributed by atoms with Crippen LogP contribution in [0.25, 0.3) is 10.2 Å². The first-order valence-electron chi connectivity index (χ1n) is 12.1. The van der Waals surface area contributed by atoms with Crippen LogP contribution in [0.15, 0.2) is 46.3 Å². The third kappa shape index (κ3) is 5.43. The van der Waals surface area contributed by atoms with E-state index in [9.17, 15) is 13.2 Å². The molecular formula is C26H33N3O4S2. The van der Waals surface area contributed by atoms with E-state index in [1.807, 2.05) is 18.4 Å². The molecule has 1 saturated heterocycles. The molecule has 0 saturated carbocycles. The van der Waals surface area contributed by atoms with Crippen molar-refractivity contribution in [2.45, 2.75) is 64.4 Å². The van der Waals surface area contributed by atoms with E-state index in [2.05, 4.69) is 31.0 Å². The Morgan fingerprint density at radius 1 is 1.17 bits per heavy atom. The molecule has 9 heteroatoms. The van der Waals surface area contributed by atoms with Crippen molar-refractivity contribution in [1.82, 2.24) is 8.87 Å². The molecule has 0 N–H and O–H groups in total. The number of rotatable bonds is 7. The van der Waals surface area contributed by atoms with Gasteiger partial charge >= 0.3 is 0 Å². The lowest BCUT2D eigenvalue weighted by molar-refractivity contribution is 0.0996. The van der Waals surface area contributed by atoms with Gasteiger partial charge in [0.25, 0.3) is 5.91 Å². The molecule has 188 valence electrons. The minimum atomic E-state index is -3.58. The van der Waals surface area contributed by atoms with Gasteiger partial charge in [-0.3, -0.25) is 4.79 Å². The molecule has 1 fully saturated rings. The van der Waals surface area contributed by atoms with Gasteiger partial charge in [-0.25, -0.2) is 8.42 Å². The number of benzene rings is 2. The molecular weight excluding hydrogens is 482 g/mol. The van der Waals surface area contributed by atoms with Crippen molar-refractivity contribution < 1.29 is 17.9 Å². The fraction of sp³-hybridized carbons (Fsp3) is 0.462. The van der Waals surface area contributed by atoms with Crippen molar-refractivity contribution in [2.24, 2.45) is 4.99 Å². The van der Waals surface area contributed by atoms with Crippen LogP contribution in [0.1, 0.15) is 54.6 Å². The molecule has 0 aliphatic carbocycles. The van der Waals surface area contributed by atoms with Gasteiger partial charge < -0.3 is 9.30 Å². The Labute approximate surface area is 211 Å². The second kappa shape index (κ2) is 10.7. The molecule has 1 aliphatic heterocycles. The van der Waals surface area contributed by atoms with E-state index in [0.717, 1.165) is 40.6 Å². The molecule has 0 bridgehead atoms. The maximum absolute atomic E-state index is 13.1. The first-order valence-corrected chi connectivity index (χ1v) is 14.4. The van der Waals surface area contributed by atoms with Crippen LogP contribution in [-0.2, 0) is 21.3 Å². The molecule has 2 heterocycles. The molecule has 3 aromatic rings. The summed E-state index contributed by atoms with van der Waals surface area (Å²) in [7, 11) is -3.58. The van der Waals surface area contributed by atoms with Crippen LogP contribution < -0.4 is 4.80 Å². The standard InChI is InChI=1S/C26H33N3O4S2/c1-5-33-15-14-28-23-17-18(2)16-19(3)24(23)34-26(28)27-25(30)21-9-11-22(12-10-21)35(31,32)29-13-7-6-8-20(29)4/h9-12,16-17,20H,5-8,13-15H2,1-4H3. The van der Waals surface area contributed by atoms with Crippen molar-refractivity contribution >= 4 is 37.5 Å². The van der Waals surface area contributed by atoms with Crippen LogP contribution in [0, 0.1) is 13.8 Å². The highest BCUT2D eigenvalue weighted by Gasteiger charge is 2.30. The summed E-state index contributed by atoms with van der Waals surface area (Å²) in [6.07, 6.45) is 2.78. The minimum absolute atomic E-state index is 0.0164. The number of fused-ring (bicyclic) bond motifs is 1. The Bertz CT molecular complexity index is 1390. The van der Waals surface area contributed by atoms with Crippen LogP contribution in [0.5, 0.6) is 0 Å². The van der Waals surface area contributed by atoms with Crippen molar-refractivity contribution in [1.29, 1.82) is 0 Å². The topological polar surface area (TPSA) is 81.0 Å². The van der Waals surface area contributed by atoms with Gasteiger partial charge in [0.2, 0.25) is 10.0 Å². The molecule has 1 atom stereocenters. The Hall–Kier alpha value is -2.33. The van der Waals surface area contributed by atoms with Gasteiger partial charge in [-0.2, -0.15) is 9.30 Å². The molecule has 1 aliphatic rings. The number of hydrogen-bond acceptors (Lipinski definition) is 5. The highest BCUT2D eigenvalue weighted by atomic mass is 32.2. The summed E-state index contributed by atoms with van der Waals surface area (Å²) in [5.41, 5.74) is 3.69. The second-order valence-electron chi connectivity index (χ2n) is 9.07. The highest BCUT2D eigenvalue weighted by Crippen LogP contribution is 2.26. The van der Waals surface area contributed by atoms with Crippen LogP contribution in [0.3, 0.4) is 0 Å². The number of nitrogens with zero attached hydrogens (tertiary/aromatic N) is 3. The maximum Gasteiger partial charge on any atom is 0.279 e. The van der Waals surface area contributed by atoms with Crippen LogP contribution >= 0.6 is 11.3 Å². The van der Waals surface area contributed by atoms with Gasteiger partial charge in [0.15, 0.2) is 4.80 Å². The van der Waals surface area contributed by atoms with Crippen molar-refractivity contribution in [3.05, 3.63) is 57.9 Å².